The van der Waals surface area contributed by atoms with Crippen LogP contribution in [0.5, 0.6) is 0 Å². The summed E-state index contributed by atoms with van der Waals surface area (Å²) in [5.74, 6) is 0.461. The zero-order valence-electron chi connectivity index (χ0n) is 13.1. The van der Waals surface area contributed by atoms with Gasteiger partial charge in [0.15, 0.2) is 0 Å². The van der Waals surface area contributed by atoms with Crippen LogP contribution in [0.4, 0.5) is 0 Å². The minimum Gasteiger partial charge on any atom is -0.384 e. The van der Waals surface area contributed by atoms with Crippen molar-refractivity contribution in [3.05, 3.63) is 34.4 Å². The quantitative estimate of drug-likeness (QED) is 0.910. The van der Waals surface area contributed by atoms with E-state index in [1.807, 2.05) is 0 Å². The minimum absolute atomic E-state index is 0.461. The number of rotatable bonds is 4. The molecule has 0 radical (unpaired) electrons. The maximum atomic E-state index is 11.5. The Labute approximate surface area is 122 Å². The first kappa shape index (κ1) is 14.1. The molecular weight excluding hydrogens is 246 g/mol. The van der Waals surface area contributed by atoms with Gasteiger partial charge in [-0.05, 0) is 82.2 Å². The Hall–Kier alpha value is -0.860. The summed E-state index contributed by atoms with van der Waals surface area (Å²) in [4.78, 5) is 2.46. The van der Waals surface area contributed by atoms with Crippen LogP contribution in [0.25, 0.3) is 0 Å². The highest BCUT2D eigenvalue weighted by atomic mass is 16.3. The van der Waals surface area contributed by atoms with Crippen LogP contribution in [-0.2, 0) is 5.60 Å². The number of hydrogen-bond donors (Lipinski definition) is 1. The molecule has 1 aromatic rings. The lowest BCUT2D eigenvalue weighted by atomic mass is 9.82. The number of aryl methyl sites for hydroxylation is 3. The van der Waals surface area contributed by atoms with Crippen molar-refractivity contribution in [2.75, 3.05) is 19.6 Å². The fourth-order valence-corrected chi connectivity index (χ4v) is 4.12. The highest BCUT2D eigenvalue weighted by Gasteiger charge is 2.47. The third-order valence-electron chi connectivity index (χ3n) is 5.03. The Morgan fingerprint density at radius 2 is 1.65 bits per heavy atom. The van der Waals surface area contributed by atoms with Crippen LogP contribution in [0.3, 0.4) is 0 Å². The molecule has 3 rings (SSSR count). The van der Waals surface area contributed by atoms with Crippen molar-refractivity contribution >= 4 is 0 Å². The Bertz CT molecular complexity index is 477. The molecule has 0 aromatic heterocycles. The molecule has 0 amide bonds. The van der Waals surface area contributed by atoms with E-state index in [0.717, 1.165) is 19.6 Å². The first-order valence-electron chi connectivity index (χ1n) is 8.04. The molecule has 2 fully saturated rings. The Morgan fingerprint density at radius 1 is 1.10 bits per heavy atom. The largest absolute Gasteiger partial charge is 0.384 e. The molecule has 0 spiro atoms. The zero-order valence-corrected chi connectivity index (χ0v) is 13.1. The van der Waals surface area contributed by atoms with E-state index in [-0.39, 0.29) is 0 Å². The van der Waals surface area contributed by atoms with Crippen molar-refractivity contribution in [3.63, 3.8) is 0 Å². The molecule has 1 atom stereocenters. The first-order chi connectivity index (χ1) is 9.50. The average molecular weight is 273 g/mol. The predicted molar refractivity (Wildman–Crippen MR) is 82.9 cm³/mol. The van der Waals surface area contributed by atoms with Crippen molar-refractivity contribution < 1.29 is 5.11 Å². The van der Waals surface area contributed by atoms with E-state index in [1.54, 1.807) is 0 Å². The average Bonchev–Trinajstić information content (AvgIpc) is 3.09. The summed E-state index contributed by atoms with van der Waals surface area (Å²) in [6.45, 7) is 9.58. The van der Waals surface area contributed by atoms with Crippen LogP contribution in [0, 0.1) is 26.7 Å². The standard InChI is InChI=1S/C18H27NO/c1-13-10-14(2)17(15(3)11-13)18(20,16-6-7-16)12-19-8-4-5-9-19/h10-11,16,20H,4-9,12H2,1-3H3. The lowest BCUT2D eigenvalue weighted by molar-refractivity contribution is -0.0169. The topological polar surface area (TPSA) is 23.5 Å². The Morgan fingerprint density at radius 3 is 2.15 bits per heavy atom. The van der Waals surface area contributed by atoms with E-state index >= 15 is 0 Å². The predicted octanol–water partition coefficient (Wildman–Crippen LogP) is 3.31. The van der Waals surface area contributed by atoms with Crippen LogP contribution in [-0.4, -0.2) is 29.6 Å². The summed E-state index contributed by atoms with van der Waals surface area (Å²) in [5.41, 5.74) is 4.39. The molecule has 2 nitrogen and oxygen atoms in total. The second kappa shape index (κ2) is 5.16. The molecule has 1 unspecified atom stereocenters. The van der Waals surface area contributed by atoms with E-state index in [2.05, 4.69) is 37.8 Å². The number of β-amino-alcohol motifs (C(OH)–C–C–N with tert-alkyl or cyclic N) is 1. The molecule has 1 aliphatic carbocycles. The van der Waals surface area contributed by atoms with Gasteiger partial charge >= 0.3 is 0 Å². The van der Waals surface area contributed by atoms with Crippen molar-refractivity contribution in [1.29, 1.82) is 0 Å². The van der Waals surface area contributed by atoms with Crippen molar-refractivity contribution in [3.8, 4) is 0 Å². The number of aliphatic hydroxyl groups is 1. The van der Waals surface area contributed by atoms with Crippen LogP contribution in [0.15, 0.2) is 12.1 Å². The fourth-order valence-electron chi connectivity index (χ4n) is 4.12. The van der Waals surface area contributed by atoms with Gasteiger partial charge in [-0.1, -0.05) is 17.7 Å². The smallest absolute Gasteiger partial charge is 0.106 e. The summed E-state index contributed by atoms with van der Waals surface area (Å²) in [7, 11) is 0. The number of benzene rings is 1. The summed E-state index contributed by atoms with van der Waals surface area (Å²) < 4.78 is 0. The molecule has 20 heavy (non-hydrogen) atoms. The lowest BCUT2D eigenvalue weighted by Crippen LogP contribution is -2.42. The van der Waals surface area contributed by atoms with Crippen LogP contribution in [0.1, 0.15) is 47.9 Å². The van der Waals surface area contributed by atoms with Crippen molar-refractivity contribution in [1.82, 2.24) is 4.90 Å². The van der Waals surface area contributed by atoms with Gasteiger partial charge in [0.05, 0.1) is 0 Å². The monoisotopic (exact) mass is 273 g/mol. The van der Waals surface area contributed by atoms with Gasteiger partial charge < -0.3 is 10.0 Å². The summed E-state index contributed by atoms with van der Waals surface area (Å²) in [6.07, 6.45) is 4.92. The van der Waals surface area contributed by atoms with Gasteiger partial charge in [0.1, 0.15) is 5.60 Å². The normalized spacial score (nSPS) is 23.0. The van der Waals surface area contributed by atoms with Gasteiger partial charge in [0, 0.05) is 6.54 Å². The van der Waals surface area contributed by atoms with Gasteiger partial charge in [-0.25, -0.2) is 0 Å². The van der Waals surface area contributed by atoms with Gasteiger partial charge in [0.2, 0.25) is 0 Å². The van der Waals surface area contributed by atoms with Crippen molar-refractivity contribution in [2.45, 2.75) is 52.1 Å². The second-order valence-electron chi connectivity index (χ2n) is 6.96. The highest BCUT2D eigenvalue weighted by Crippen LogP contribution is 2.48. The van der Waals surface area contributed by atoms with E-state index in [0.29, 0.717) is 5.92 Å². The third kappa shape index (κ3) is 2.51. The zero-order chi connectivity index (χ0) is 14.3. The first-order valence-corrected chi connectivity index (χ1v) is 8.04. The van der Waals surface area contributed by atoms with Crippen LogP contribution in [0.2, 0.25) is 0 Å². The summed E-state index contributed by atoms with van der Waals surface area (Å²) >= 11 is 0. The highest BCUT2D eigenvalue weighted by molar-refractivity contribution is 5.42. The minimum atomic E-state index is -0.633. The molecule has 2 aliphatic rings. The summed E-state index contributed by atoms with van der Waals surface area (Å²) in [5, 5.41) is 11.5. The molecular formula is C18H27NO. The van der Waals surface area contributed by atoms with Crippen LogP contribution >= 0.6 is 0 Å². The SMILES string of the molecule is Cc1cc(C)c(C(O)(CN2CCCC2)C2CC2)c(C)c1. The Balaban J connectivity index is 1.97. The van der Waals surface area contributed by atoms with E-state index in [1.165, 1.54) is 47.9 Å². The number of hydrogen-bond acceptors (Lipinski definition) is 2. The van der Waals surface area contributed by atoms with Gasteiger partial charge in [0.25, 0.3) is 0 Å². The molecule has 110 valence electrons. The molecule has 1 saturated heterocycles. The third-order valence-corrected chi connectivity index (χ3v) is 5.03. The summed E-state index contributed by atoms with van der Waals surface area (Å²) in [6, 6.07) is 4.44. The van der Waals surface area contributed by atoms with E-state index < -0.39 is 5.60 Å². The molecule has 1 saturated carbocycles. The maximum absolute atomic E-state index is 11.5. The lowest BCUT2D eigenvalue weighted by Gasteiger charge is -2.35. The van der Waals surface area contributed by atoms with Gasteiger partial charge in [-0.3, -0.25) is 0 Å². The second-order valence-corrected chi connectivity index (χ2v) is 6.96. The van der Waals surface area contributed by atoms with Crippen LogP contribution < -0.4 is 0 Å². The van der Waals surface area contributed by atoms with Gasteiger partial charge in [-0.15, -0.1) is 0 Å². The molecule has 1 heterocycles. The van der Waals surface area contributed by atoms with E-state index in [4.69, 9.17) is 0 Å². The molecule has 1 N–H and O–H groups in total. The number of likely N-dealkylation sites (tertiary alicyclic amines) is 1. The maximum Gasteiger partial charge on any atom is 0.106 e. The molecule has 2 heteroatoms. The van der Waals surface area contributed by atoms with E-state index in [9.17, 15) is 5.11 Å². The van der Waals surface area contributed by atoms with Gasteiger partial charge in [-0.2, -0.15) is 0 Å². The fraction of sp³-hybridized carbons (Fsp3) is 0.667. The molecule has 0 bridgehead atoms. The molecule has 1 aromatic carbocycles. The Kier molecular flexibility index (Phi) is 3.64. The number of nitrogens with zero attached hydrogens (tertiary/aromatic N) is 1. The van der Waals surface area contributed by atoms with Crippen molar-refractivity contribution in [2.24, 2.45) is 5.92 Å². The molecule has 1 aliphatic heterocycles.